The number of aryl methyl sites for hydroxylation is 1. The van der Waals surface area contributed by atoms with E-state index >= 15 is 0 Å². The van der Waals surface area contributed by atoms with Gasteiger partial charge >= 0.3 is 0 Å². The summed E-state index contributed by atoms with van der Waals surface area (Å²) in [6.45, 7) is 3.27. The molecule has 1 N–H and O–H groups in total. The summed E-state index contributed by atoms with van der Waals surface area (Å²) in [4.78, 5) is 13.0. The maximum absolute atomic E-state index is 11.7. The lowest BCUT2D eigenvalue weighted by Crippen LogP contribution is -2.34. The first-order valence-corrected chi connectivity index (χ1v) is 5.56. The summed E-state index contributed by atoms with van der Waals surface area (Å²) in [5.41, 5.74) is 1.40. The van der Waals surface area contributed by atoms with Gasteiger partial charge in [0, 0.05) is 12.1 Å². The topological polar surface area (TPSA) is 49.8 Å². The number of ether oxygens (including phenoxy) is 1. The van der Waals surface area contributed by atoms with E-state index in [1.165, 1.54) is 18.9 Å². The van der Waals surface area contributed by atoms with Crippen LogP contribution in [0.5, 0.6) is 5.75 Å². The minimum Gasteiger partial charge on any atom is -0.495 e. The molecule has 4 nitrogen and oxygen atoms in total. The van der Waals surface area contributed by atoms with Gasteiger partial charge < -0.3 is 14.7 Å². The Kier molecular flexibility index (Phi) is 4.37. The highest BCUT2D eigenvalue weighted by molar-refractivity contribution is 6.31. The number of halogens is 1. The summed E-state index contributed by atoms with van der Waals surface area (Å²) in [6, 6.07) is 3.40. The Hall–Kier alpha value is -1.26. The summed E-state index contributed by atoms with van der Waals surface area (Å²) < 4.78 is 5.20. The van der Waals surface area contributed by atoms with Crippen LogP contribution in [-0.4, -0.2) is 31.3 Å². The van der Waals surface area contributed by atoms with E-state index in [0.29, 0.717) is 16.5 Å². The van der Waals surface area contributed by atoms with Gasteiger partial charge in [-0.05, 0) is 31.5 Å². The van der Waals surface area contributed by atoms with E-state index in [4.69, 9.17) is 16.3 Å². The predicted octanol–water partition coefficient (Wildman–Crippen LogP) is 2.00. The van der Waals surface area contributed by atoms with Crippen LogP contribution in [0.25, 0.3) is 0 Å². The smallest absolute Gasteiger partial charge is 0.255 e. The molecule has 1 aromatic carbocycles. The van der Waals surface area contributed by atoms with Crippen LogP contribution in [0.4, 0.5) is 5.69 Å². The molecule has 0 saturated carbocycles. The van der Waals surface area contributed by atoms with Crippen LogP contribution in [0.1, 0.15) is 12.5 Å². The first-order valence-electron chi connectivity index (χ1n) is 5.18. The van der Waals surface area contributed by atoms with Crippen molar-refractivity contribution in [3.8, 4) is 5.75 Å². The fraction of sp³-hybridized carbons (Fsp3) is 0.417. The molecule has 0 aliphatic heterocycles. The molecule has 5 heteroatoms. The second kappa shape index (κ2) is 5.38. The Morgan fingerprint density at radius 3 is 2.59 bits per heavy atom. The van der Waals surface area contributed by atoms with E-state index < -0.39 is 12.0 Å². The third kappa shape index (κ3) is 2.90. The predicted molar refractivity (Wildman–Crippen MR) is 67.8 cm³/mol. The quantitative estimate of drug-likeness (QED) is 0.901. The number of rotatable bonds is 3. The fourth-order valence-electron chi connectivity index (χ4n) is 1.47. The molecule has 1 unspecified atom stereocenters. The number of carbonyl (C=O) groups is 1. The van der Waals surface area contributed by atoms with Crippen LogP contribution in [0, 0.1) is 6.92 Å². The summed E-state index contributed by atoms with van der Waals surface area (Å²) >= 11 is 6.02. The monoisotopic (exact) mass is 257 g/mol. The number of likely N-dealkylation sites (N-methyl/N-ethyl adjacent to an activating group) is 1. The van der Waals surface area contributed by atoms with Gasteiger partial charge in [-0.2, -0.15) is 0 Å². The van der Waals surface area contributed by atoms with E-state index in [0.717, 1.165) is 5.56 Å². The lowest BCUT2D eigenvalue weighted by molar-refractivity contribution is -0.125. The highest BCUT2D eigenvalue weighted by Gasteiger charge is 2.20. The molecule has 0 aliphatic rings. The molecule has 0 bridgehead atoms. The molecule has 0 aromatic heterocycles. The molecule has 0 fully saturated rings. The first kappa shape index (κ1) is 13.8. The van der Waals surface area contributed by atoms with Crippen molar-refractivity contribution >= 4 is 23.2 Å². The zero-order valence-electron chi connectivity index (χ0n) is 10.3. The van der Waals surface area contributed by atoms with Gasteiger partial charge in [0.05, 0.1) is 12.8 Å². The van der Waals surface area contributed by atoms with E-state index in [1.807, 2.05) is 6.92 Å². The average molecular weight is 258 g/mol. The molecule has 0 saturated heterocycles. The Balaban J connectivity index is 3.21. The highest BCUT2D eigenvalue weighted by Crippen LogP contribution is 2.33. The third-order valence-corrected chi connectivity index (χ3v) is 2.92. The molecule has 0 spiro atoms. The SMILES string of the molecule is COc1cc(C)c(Cl)cc1N(C)C(=O)C(C)O. The minimum absolute atomic E-state index is 0.414. The van der Waals surface area contributed by atoms with Crippen molar-refractivity contribution in [1.82, 2.24) is 0 Å². The van der Waals surface area contributed by atoms with Crippen molar-refractivity contribution in [3.63, 3.8) is 0 Å². The standard InChI is InChI=1S/C12H16ClNO3/c1-7-5-11(17-4)10(6-9(7)13)14(3)12(16)8(2)15/h5-6,8,15H,1-4H3. The van der Waals surface area contributed by atoms with Crippen LogP contribution in [0.2, 0.25) is 5.02 Å². The summed E-state index contributed by atoms with van der Waals surface area (Å²) in [7, 11) is 3.09. The zero-order valence-corrected chi connectivity index (χ0v) is 11.1. The Morgan fingerprint density at radius 2 is 2.12 bits per heavy atom. The number of aliphatic hydroxyl groups is 1. The van der Waals surface area contributed by atoms with Gasteiger partial charge in [0.15, 0.2) is 0 Å². The molecule has 94 valence electrons. The average Bonchev–Trinajstić information content (AvgIpc) is 2.29. The molecule has 1 rings (SSSR count). The van der Waals surface area contributed by atoms with Gasteiger partial charge in [-0.3, -0.25) is 4.79 Å². The number of amides is 1. The highest BCUT2D eigenvalue weighted by atomic mass is 35.5. The minimum atomic E-state index is -1.07. The second-order valence-electron chi connectivity index (χ2n) is 3.85. The van der Waals surface area contributed by atoms with Crippen LogP contribution >= 0.6 is 11.6 Å². The van der Waals surface area contributed by atoms with E-state index in [2.05, 4.69) is 0 Å². The number of hydrogen-bond acceptors (Lipinski definition) is 3. The number of carbonyl (C=O) groups excluding carboxylic acids is 1. The van der Waals surface area contributed by atoms with E-state index in [9.17, 15) is 9.90 Å². The molecular weight excluding hydrogens is 242 g/mol. The Bertz CT molecular complexity index is 432. The molecule has 1 amide bonds. The lowest BCUT2D eigenvalue weighted by atomic mass is 10.2. The van der Waals surface area contributed by atoms with Crippen molar-refractivity contribution in [1.29, 1.82) is 0 Å². The van der Waals surface area contributed by atoms with Gasteiger partial charge in [-0.25, -0.2) is 0 Å². The summed E-state index contributed by atoms with van der Waals surface area (Å²) in [5.74, 6) is 0.131. The van der Waals surface area contributed by atoms with Gasteiger partial charge in [-0.1, -0.05) is 11.6 Å². The molecule has 1 atom stereocenters. The van der Waals surface area contributed by atoms with E-state index in [1.54, 1.807) is 19.2 Å². The number of anilines is 1. The number of hydrogen-bond donors (Lipinski definition) is 1. The largest absolute Gasteiger partial charge is 0.495 e. The van der Waals surface area contributed by atoms with Gasteiger partial charge in [0.2, 0.25) is 0 Å². The Morgan fingerprint density at radius 1 is 1.53 bits per heavy atom. The van der Waals surface area contributed by atoms with Crippen molar-refractivity contribution in [3.05, 3.63) is 22.7 Å². The second-order valence-corrected chi connectivity index (χ2v) is 4.25. The maximum atomic E-state index is 11.7. The molecule has 0 aliphatic carbocycles. The van der Waals surface area contributed by atoms with Gasteiger partial charge in [0.1, 0.15) is 11.9 Å². The number of aliphatic hydroxyl groups excluding tert-OH is 1. The molecule has 0 radical (unpaired) electrons. The molecule has 0 heterocycles. The summed E-state index contributed by atoms with van der Waals surface area (Å²) in [6.07, 6.45) is -1.07. The van der Waals surface area contributed by atoms with Crippen LogP contribution in [0.15, 0.2) is 12.1 Å². The van der Waals surface area contributed by atoms with Crippen LogP contribution in [-0.2, 0) is 4.79 Å². The van der Waals surface area contributed by atoms with E-state index in [-0.39, 0.29) is 0 Å². The number of benzene rings is 1. The first-order chi connectivity index (χ1) is 7.88. The van der Waals surface area contributed by atoms with Crippen molar-refractivity contribution in [2.24, 2.45) is 0 Å². The van der Waals surface area contributed by atoms with Gasteiger partial charge in [-0.15, -0.1) is 0 Å². The molecule has 17 heavy (non-hydrogen) atoms. The normalized spacial score (nSPS) is 12.1. The molecule has 1 aromatic rings. The third-order valence-electron chi connectivity index (χ3n) is 2.51. The summed E-state index contributed by atoms with van der Waals surface area (Å²) in [5, 5.41) is 9.82. The van der Waals surface area contributed by atoms with Crippen LogP contribution in [0.3, 0.4) is 0 Å². The lowest BCUT2D eigenvalue weighted by Gasteiger charge is -2.22. The van der Waals surface area contributed by atoms with Gasteiger partial charge in [0.25, 0.3) is 5.91 Å². The van der Waals surface area contributed by atoms with Crippen molar-refractivity contribution < 1.29 is 14.6 Å². The van der Waals surface area contributed by atoms with Crippen molar-refractivity contribution in [2.75, 3.05) is 19.1 Å². The zero-order chi connectivity index (χ0) is 13.2. The number of nitrogens with zero attached hydrogens (tertiary/aromatic N) is 1. The fourth-order valence-corrected chi connectivity index (χ4v) is 1.63. The Labute approximate surface area is 106 Å². The van der Waals surface area contributed by atoms with Crippen molar-refractivity contribution in [2.45, 2.75) is 20.0 Å². The number of methoxy groups -OCH3 is 1. The van der Waals surface area contributed by atoms with Crippen LogP contribution < -0.4 is 9.64 Å². The maximum Gasteiger partial charge on any atom is 0.255 e. The molecular formula is C12H16ClNO3.